The Labute approximate surface area is 106 Å². The third kappa shape index (κ3) is 19.2. The maximum atomic E-state index is 0. The molecule has 33 valence electrons. The van der Waals surface area contributed by atoms with Gasteiger partial charge in [0.15, 0.2) is 0 Å². The van der Waals surface area contributed by atoms with E-state index in [-0.39, 0.29) is 109 Å². The molecule has 0 heterocycles. The minimum atomic E-state index is 0. The Balaban J connectivity index is 0. The number of hydrogen-bond acceptors (Lipinski definition) is 0. The number of halogens is 1. The normalized spacial score (nSPS) is 0. The summed E-state index contributed by atoms with van der Waals surface area (Å²) in [4.78, 5) is 0. The second-order valence-electron chi connectivity index (χ2n) is 0. The van der Waals surface area contributed by atoms with Crippen molar-refractivity contribution in [1.29, 1.82) is 0 Å². The molecule has 2 N–H and O–H groups in total. The molecule has 0 fully saturated rings. The van der Waals surface area contributed by atoms with Gasteiger partial charge in [0.25, 0.3) is 0 Å². The Morgan fingerprint density at radius 1 is 1.00 bits per heavy atom. The first kappa shape index (κ1) is 42.6. The first-order chi connectivity index (χ1) is 0. The van der Waals surface area contributed by atoms with Crippen LogP contribution >= 0.6 is 0 Å². The van der Waals surface area contributed by atoms with Gasteiger partial charge in [-0.15, -0.1) is 0 Å². The standard InChI is InChI=1S/Ba.Cu.F.H2O.Y.2H/h;;;1H2;;;. The minimum absolute atomic E-state index is 0. The average Bonchev–Trinajstić information content (AvgIpc) is 0. The molecule has 1 nitrogen and oxygen atoms in total. The predicted octanol–water partition coefficient (Wildman–Crippen LogP) is -1.33. The molecule has 0 rings (SSSR count). The molecule has 0 spiro atoms. The van der Waals surface area contributed by atoms with E-state index in [0.717, 1.165) is 0 Å². The molecule has 0 bridgehead atoms. The molecular formula is H4BaCuFOY. The summed E-state index contributed by atoms with van der Waals surface area (Å²) >= 11 is 0. The molecule has 5 heteroatoms. The summed E-state index contributed by atoms with van der Waals surface area (Å²) in [6, 6.07) is 0. The zero-order valence-corrected chi connectivity index (χ0v) is 5.54. The van der Waals surface area contributed by atoms with Crippen molar-refractivity contribution in [3.63, 3.8) is 0 Å². The van der Waals surface area contributed by atoms with Crippen molar-refractivity contribution in [1.82, 2.24) is 0 Å². The van der Waals surface area contributed by atoms with Crippen LogP contribution in [0.5, 0.6) is 0 Å². The summed E-state index contributed by atoms with van der Waals surface area (Å²) in [6.45, 7) is 0. The van der Waals surface area contributed by atoms with Gasteiger partial charge in [0.2, 0.25) is 0 Å². The summed E-state index contributed by atoms with van der Waals surface area (Å²) in [5, 5.41) is 0. The van der Waals surface area contributed by atoms with Gasteiger partial charge in [-0.05, 0) is 0 Å². The molecule has 0 saturated heterocycles. The van der Waals surface area contributed by atoms with Crippen molar-refractivity contribution in [3.05, 3.63) is 0 Å². The van der Waals surface area contributed by atoms with Crippen LogP contribution in [0.25, 0.3) is 0 Å². The molecular weight excluding hydrogens is 325 g/mol. The largest absolute Gasteiger partial charge is 0 e. The zero-order chi connectivity index (χ0) is 0. The van der Waals surface area contributed by atoms with Crippen LogP contribution in [0.1, 0.15) is 0 Å². The maximum absolute atomic E-state index is 0. The summed E-state index contributed by atoms with van der Waals surface area (Å²) < 4.78 is 0. The predicted molar refractivity (Wildman–Crippen MR) is 13.3 cm³/mol. The Morgan fingerprint density at radius 3 is 1.00 bits per heavy atom. The van der Waals surface area contributed by atoms with Crippen LogP contribution in [-0.4, -0.2) is 54.4 Å². The molecule has 0 aromatic rings. The summed E-state index contributed by atoms with van der Waals surface area (Å²) in [5.74, 6) is 0. The van der Waals surface area contributed by atoms with Gasteiger partial charge in [-0.1, -0.05) is 0 Å². The van der Waals surface area contributed by atoms with Gasteiger partial charge >= 0.3 is 48.9 Å². The average molecular weight is 329 g/mol. The van der Waals surface area contributed by atoms with Gasteiger partial charge in [0.1, 0.15) is 0 Å². The van der Waals surface area contributed by atoms with Crippen molar-refractivity contribution in [3.8, 4) is 0 Å². The third-order valence-corrected chi connectivity index (χ3v) is 0. The van der Waals surface area contributed by atoms with Crippen molar-refractivity contribution in [2.45, 2.75) is 0 Å². The van der Waals surface area contributed by atoms with Crippen LogP contribution in [0.3, 0.4) is 0 Å². The molecule has 3 radical (unpaired) electrons. The van der Waals surface area contributed by atoms with E-state index in [9.17, 15) is 0 Å². The van der Waals surface area contributed by atoms with Crippen LogP contribution in [0.2, 0.25) is 0 Å². The van der Waals surface area contributed by atoms with Gasteiger partial charge in [-0.3, -0.25) is 0 Å². The van der Waals surface area contributed by atoms with E-state index in [2.05, 4.69) is 0 Å². The quantitative estimate of drug-likeness (QED) is 0.494. The molecule has 0 aromatic carbocycles. The number of rotatable bonds is 0. The van der Waals surface area contributed by atoms with Crippen LogP contribution in [0, 0.1) is 0 Å². The Morgan fingerprint density at radius 2 is 1.00 bits per heavy atom. The summed E-state index contributed by atoms with van der Waals surface area (Å²) in [6.07, 6.45) is 0. The van der Waals surface area contributed by atoms with E-state index >= 15 is 0 Å². The van der Waals surface area contributed by atoms with E-state index in [1.165, 1.54) is 0 Å². The van der Waals surface area contributed by atoms with Gasteiger partial charge in [-0.25, -0.2) is 0 Å². The molecule has 0 aliphatic rings. The smallest absolute Gasteiger partial charge is 0 e. The van der Waals surface area contributed by atoms with Gasteiger partial charge < -0.3 is 5.48 Å². The molecule has 0 atom stereocenters. The summed E-state index contributed by atoms with van der Waals surface area (Å²) in [5.41, 5.74) is 0. The van der Waals surface area contributed by atoms with Crippen molar-refractivity contribution >= 4 is 48.9 Å². The Kier molecular flexibility index (Phi) is 235. The van der Waals surface area contributed by atoms with E-state index in [4.69, 9.17) is 0 Å². The third-order valence-electron chi connectivity index (χ3n) is 0. The van der Waals surface area contributed by atoms with Gasteiger partial charge in [0, 0.05) is 54.5 Å². The van der Waals surface area contributed by atoms with Gasteiger partial charge in [0.05, 0.1) is 0 Å². The minimum Gasteiger partial charge on any atom is 0 e. The topological polar surface area (TPSA) is 31.5 Å². The monoisotopic (exact) mass is 329 g/mol. The zero-order valence-electron chi connectivity index (χ0n) is 1.76. The van der Waals surface area contributed by atoms with Crippen LogP contribution in [-0.2, 0) is 49.8 Å². The Hall–Kier alpha value is 3.08. The fourth-order valence-corrected chi connectivity index (χ4v) is 0. The molecule has 0 aliphatic carbocycles. The molecule has 5 heavy (non-hydrogen) atoms. The van der Waals surface area contributed by atoms with Gasteiger partial charge in [-0.2, -0.15) is 0 Å². The molecule has 0 aromatic heterocycles. The SMILES string of the molecule is O.[BaH2].[Cu].[F].[Y]. The summed E-state index contributed by atoms with van der Waals surface area (Å²) in [7, 11) is 0. The number of hydrogen-bond donors (Lipinski definition) is 0. The first-order valence-corrected chi connectivity index (χ1v) is 0. The first-order valence-electron chi connectivity index (χ1n) is 0. The van der Waals surface area contributed by atoms with Crippen molar-refractivity contribution in [2.75, 3.05) is 0 Å². The maximum Gasteiger partial charge on any atom is 0 e. The van der Waals surface area contributed by atoms with E-state index in [1.807, 2.05) is 0 Å². The van der Waals surface area contributed by atoms with Crippen LogP contribution in [0.4, 0.5) is 4.70 Å². The second kappa shape index (κ2) is 27.6. The molecule has 0 aliphatic heterocycles. The van der Waals surface area contributed by atoms with E-state index in [1.54, 1.807) is 0 Å². The van der Waals surface area contributed by atoms with Crippen LogP contribution < -0.4 is 0 Å². The van der Waals surface area contributed by atoms with Crippen molar-refractivity contribution in [2.24, 2.45) is 0 Å². The van der Waals surface area contributed by atoms with Crippen molar-refractivity contribution < 1.29 is 60.0 Å². The fraction of sp³-hybridized carbons (Fsp3) is 0. The van der Waals surface area contributed by atoms with Crippen LogP contribution in [0.15, 0.2) is 0 Å². The second-order valence-corrected chi connectivity index (χ2v) is 0. The Bertz CT molecular complexity index is 11.6. The molecule has 0 saturated carbocycles. The van der Waals surface area contributed by atoms with E-state index < -0.39 is 0 Å². The fourth-order valence-electron chi connectivity index (χ4n) is 0. The van der Waals surface area contributed by atoms with E-state index in [0.29, 0.717) is 0 Å². The molecule has 0 amide bonds. The molecule has 0 unspecified atom stereocenters.